The number of aliphatic carboxylic acids is 1. The Bertz CT molecular complexity index is 1350. The molecule has 0 aromatic rings. The van der Waals surface area contributed by atoms with Crippen LogP contribution < -0.4 is 5.73 Å². The van der Waals surface area contributed by atoms with Gasteiger partial charge in [-0.25, -0.2) is 4.57 Å². The highest BCUT2D eigenvalue weighted by atomic mass is 31.2. The zero-order valence-electron chi connectivity index (χ0n) is 35.3. The minimum atomic E-state index is -4.74. The summed E-state index contributed by atoms with van der Waals surface area (Å²) in [5, 5.41) is 8.88. The largest absolute Gasteiger partial charge is 0.480 e. The highest BCUT2D eigenvalue weighted by molar-refractivity contribution is 7.47. The van der Waals surface area contributed by atoms with Gasteiger partial charge in [0.15, 0.2) is 6.10 Å². The Balaban J connectivity index is 4.53. The van der Waals surface area contributed by atoms with Crippen LogP contribution in [-0.2, 0) is 37.5 Å². The molecule has 0 aromatic carbocycles. The number of ether oxygens (including phenoxy) is 2. The Labute approximate surface area is 349 Å². The molecule has 0 fully saturated rings. The van der Waals surface area contributed by atoms with Crippen LogP contribution >= 0.6 is 7.82 Å². The molecule has 0 amide bonds. The molecule has 3 atom stereocenters. The summed E-state index contributed by atoms with van der Waals surface area (Å²) in [6, 6.07) is -1.54. The number of phosphoric ester groups is 1. The fraction of sp³-hybridized carbons (Fsp3) is 0.587. The molecule has 4 N–H and O–H groups in total. The van der Waals surface area contributed by atoms with E-state index in [1.165, 1.54) is 19.3 Å². The van der Waals surface area contributed by atoms with Crippen LogP contribution in [0.4, 0.5) is 0 Å². The number of rotatable bonds is 38. The highest BCUT2D eigenvalue weighted by Crippen LogP contribution is 2.43. The SMILES string of the molecule is CC/C=C\C/C=C\C/C=C\C/C=C\C/C=C\CCCCCC(=O)O[C@H](COC(=O)CCCC/C=C\C/C=C\C/C=C\CCCCC)COP(=O)(O)OC[C@H](N)C(=O)O. The van der Waals surface area contributed by atoms with Crippen molar-refractivity contribution >= 4 is 25.7 Å². The van der Waals surface area contributed by atoms with E-state index in [9.17, 15) is 23.8 Å². The van der Waals surface area contributed by atoms with Gasteiger partial charge < -0.3 is 25.2 Å². The lowest BCUT2D eigenvalue weighted by Gasteiger charge is -2.20. The Morgan fingerprint density at radius 1 is 0.552 bits per heavy atom. The summed E-state index contributed by atoms with van der Waals surface area (Å²) in [6.07, 6.45) is 50.5. The fourth-order valence-corrected chi connectivity index (χ4v) is 5.76. The monoisotopic (exact) mass is 832 g/mol. The van der Waals surface area contributed by atoms with Gasteiger partial charge in [0.1, 0.15) is 12.6 Å². The quantitative estimate of drug-likeness (QED) is 0.0234. The number of esters is 2. The number of hydrogen-bond donors (Lipinski definition) is 3. The summed E-state index contributed by atoms with van der Waals surface area (Å²) in [7, 11) is -4.74. The smallest absolute Gasteiger partial charge is 0.472 e. The van der Waals surface area contributed by atoms with Crippen molar-refractivity contribution in [3.63, 3.8) is 0 Å². The summed E-state index contributed by atoms with van der Waals surface area (Å²) in [5.41, 5.74) is 5.32. The van der Waals surface area contributed by atoms with E-state index in [0.717, 1.165) is 83.5 Å². The predicted octanol–water partition coefficient (Wildman–Crippen LogP) is 11.3. The van der Waals surface area contributed by atoms with Crippen molar-refractivity contribution in [2.45, 2.75) is 154 Å². The molecular weight excluding hydrogens is 757 g/mol. The first kappa shape index (κ1) is 54.4. The van der Waals surface area contributed by atoms with E-state index in [-0.39, 0.29) is 19.4 Å². The molecule has 0 aliphatic rings. The highest BCUT2D eigenvalue weighted by Gasteiger charge is 2.28. The Morgan fingerprint density at radius 2 is 0.966 bits per heavy atom. The van der Waals surface area contributed by atoms with Crippen molar-refractivity contribution in [2.24, 2.45) is 5.73 Å². The maximum Gasteiger partial charge on any atom is 0.472 e. The number of carbonyl (C=O) groups excluding carboxylic acids is 2. The first-order valence-corrected chi connectivity index (χ1v) is 22.8. The van der Waals surface area contributed by atoms with Gasteiger partial charge in [-0.05, 0) is 96.3 Å². The standard InChI is InChI=1S/C46H74NO10P/c1-3-5-7-9-11-13-15-17-19-20-21-22-24-26-28-30-32-34-36-38-45(49)57-42(40-55-58(52,53)56-41-43(47)46(50)51)39-54-44(48)37-35-33-31-29-27-25-23-18-16-14-12-10-8-6-4-2/h5,7,11-14,17-19,21-23,26-29,42-43H,3-4,6,8-10,15-16,20,24-25,30-41,47H2,1-2H3,(H,50,51)(H,52,53)/b7-5-,13-11-,14-12-,19-17-,22-21-,23-18-,28-26-,29-27-/t42-,43+/m1/s1. The van der Waals surface area contributed by atoms with Crippen molar-refractivity contribution in [1.29, 1.82) is 0 Å². The van der Waals surface area contributed by atoms with Crippen LogP contribution in [0.3, 0.4) is 0 Å². The van der Waals surface area contributed by atoms with E-state index in [4.69, 9.17) is 24.8 Å². The lowest BCUT2D eigenvalue weighted by atomic mass is 10.1. The van der Waals surface area contributed by atoms with Crippen LogP contribution in [0.25, 0.3) is 0 Å². The summed E-state index contributed by atoms with van der Waals surface area (Å²) in [4.78, 5) is 45.9. The zero-order chi connectivity index (χ0) is 42.8. The van der Waals surface area contributed by atoms with Crippen LogP contribution in [0.15, 0.2) is 97.2 Å². The minimum absolute atomic E-state index is 0.107. The van der Waals surface area contributed by atoms with Crippen molar-refractivity contribution in [3.8, 4) is 0 Å². The number of allylic oxidation sites excluding steroid dienone is 16. The summed E-state index contributed by atoms with van der Waals surface area (Å²) < 4.78 is 32.6. The first-order chi connectivity index (χ1) is 28.1. The number of hydrogen-bond acceptors (Lipinski definition) is 9. The van der Waals surface area contributed by atoms with Crippen molar-refractivity contribution in [3.05, 3.63) is 97.2 Å². The molecule has 0 saturated carbocycles. The molecule has 0 saturated heterocycles. The van der Waals surface area contributed by atoms with Gasteiger partial charge in [0.2, 0.25) is 0 Å². The van der Waals surface area contributed by atoms with Gasteiger partial charge in [-0.1, -0.05) is 130 Å². The van der Waals surface area contributed by atoms with Gasteiger partial charge in [0, 0.05) is 12.8 Å². The van der Waals surface area contributed by atoms with Crippen LogP contribution in [0.2, 0.25) is 0 Å². The number of unbranched alkanes of at least 4 members (excludes halogenated alkanes) is 8. The number of phosphoric acid groups is 1. The van der Waals surface area contributed by atoms with E-state index in [1.54, 1.807) is 0 Å². The van der Waals surface area contributed by atoms with E-state index in [1.807, 2.05) is 0 Å². The lowest BCUT2D eigenvalue weighted by Crippen LogP contribution is -2.34. The van der Waals surface area contributed by atoms with Gasteiger partial charge >= 0.3 is 25.7 Å². The molecule has 0 radical (unpaired) electrons. The molecule has 0 aromatic heterocycles. The van der Waals surface area contributed by atoms with Crippen LogP contribution in [0.5, 0.6) is 0 Å². The molecule has 0 heterocycles. The third-order valence-electron chi connectivity index (χ3n) is 8.32. The van der Waals surface area contributed by atoms with E-state index in [0.29, 0.717) is 12.8 Å². The molecule has 58 heavy (non-hydrogen) atoms. The molecule has 0 rings (SSSR count). The predicted molar refractivity (Wildman–Crippen MR) is 235 cm³/mol. The van der Waals surface area contributed by atoms with E-state index < -0.39 is 51.1 Å². The van der Waals surface area contributed by atoms with Gasteiger partial charge in [-0.2, -0.15) is 0 Å². The van der Waals surface area contributed by atoms with Crippen LogP contribution in [-0.4, -0.2) is 59.9 Å². The number of carboxylic acids is 1. The average molecular weight is 832 g/mol. The van der Waals surface area contributed by atoms with Crippen molar-refractivity contribution < 1.29 is 47.5 Å². The minimum Gasteiger partial charge on any atom is -0.480 e. The summed E-state index contributed by atoms with van der Waals surface area (Å²) >= 11 is 0. The van der Waals surface area contributed by atoms with Gasteiger partial charge in [0.25, 0.3) is 0 Å². The topological polar surface area (TPSA) is 172 Å². The molecule has 1 unspecified atom stereocenters. The second-order valence-electron chi connectivity index (χ2n) is 13.7. The maximum atomic E-state index is 12.6. The number of carboxylic acid groups (broad SMARTS) is 1. The third kappa shape index (κ3) is 39.2. The molecule has 0 aliphatic carbocycles. The average Bonchev–Trinajstić information content (AvgIpc) is 3.20. The molecule has 11 nitrogen and oxygen atoms in total. The normalized spacial score (nSPS) is 14.7. The maximum absolute atomic E-state index is 12.6. The summed E-state index contributed by atoms with van der Waals surface area (Å²) in [5.74, 6) is -2.49. The zero-order valence-corrected chi connectivity index (χ0v) is 36.2. The Kier molecular flexibility index (Phi) is 37.7. The molecule has 12 heteroatoms. The molecule has 0 spiro atoms. The van der Waals surface area contributed by atoms with Crippen LogP contribution in [0, 0.1) is 0 Å². The van der Waals surface area contributed by atoms with Gasteiger partial charge in [0.05, 0.1) is 13.2 Å². The van der Waals surface area contributed by atoms with Crippen molar-refractivity contribution in [2.75, 3.05) is 19.8 Å². The van der Waals surface area contributed by atoms with Gasteiger partial charge in [-0.3, -0.25) is 23.4 Å². The van der Waals surface area contributed by atoms with Crippen molar-refractivity contribution in [1.82, 2.24) is 0 Å². The number of carbonyl (C=O) groups is 3. The second kappa shape index (κ2) is 40.2. The summed E-state index contributed by atoms with van der Waals surface area (Å²) in [6.45, 7) is 2.56. The lowest BCUT2D eigenvalue weighted by molar-refractivity contribution is -0.161. The first-order valence-electron chi connectivity index (χ1n) is 21.3. The van der Waals surface area contributed by atoms with Crippen LogP contribution in [0.1, 0.15) is 142 Å². The molecule has 0 aliphatic heterocycles. The van der Waals surface area contributed by atoms with E-state index in [2.05, 4.69) is 116 Å². The Morgan fingerprint density at radius 3 is 1.45 bits per heavy atom. The fourth-order valence-electron chi connectivity index (χ4n) is 4.98. The Hall–Kier alpha value is -3.60. The second-order valence-corrected chi connectivity index (χ2v) is 15.2. The third-order valence-corrected chi connectivity index (χ3v) is 9.27. The van der Waals surface area contributed by atoms with E-state index >= 15 is 0 Å². The molecular formula is C46H74NO10P. The van der Waals surface area contributed by atoms with Gasteiger partial charge in [-0.15, -0.1) is 0 Å². The number of nitrogens with two attached hydrogens (primary N) is 1. The molecule has 328 valence electrons. The molecule has 0 bridgehead atoms.